The number of para-hydroxylation sites is 1. The molecule has 0 fully saturated rings. The molecule has 147 valence electrons. The first kappa shape index (κ1) is 19.6. The van der Waals surface area contributed by atoms with Gasteiger partial charge in [-0.15, -0.1) is 5.10 Å². The summed E-state index contributed by atoms with van der Waals surface area (Å²) in [6, 6.07) is 23.0. The Morgan fingerprint density at radius 2 is 1.72 bits per heavy atom. The van der Waals surface area contributed by atoms with Gasteiger partial charge in [-0.1, -0.05) is 53.7 Å². The first-order chi connectivity index (χ1) is 14.4. The number of aromatic nitrogens is 3. The number of nitrogens with one attached hydrogen (secondary N) is 1. The lowest BCUT2D eigenvalue weighted by Crippen LogP contribution is -2.25. The van der Waals surface area contributed by atoms with Crippen LogP contribution in [0.3, 0.4) is 0 Å². The summed E-state index contributed by atoms with van der Waals surface area (Å²) in [7, 11) is 0. The highest BCUT2D eigenvalue weighted by Crippen LogP contribution is 2.15. The molecule has 0 spiro atoms. The van der Waals surface area contributed by atoms with Crippen LogP contribution in [0, 0.1) is 12.5 Å². The Hall–Kier alpha value is -2.76. The average molecular weight is 402 g/mol. The normalized spacial score (nSPS) is 12.1. The molecule has 0 aliphatic heterocycles. The SMILES string of the molecule is [CH](Cc1ccsc1)NC[C@H](Cc1ccccc1)Cc1cn(-c2ccccc2)nn1. The predicted molar refractivity (Wildman–Crippen MR) is 119 cm³/mol. The van der Waals surface area contributed by atoms with Crippen LogP contribution in [0.5, 0.6) is 0 Å². The zero-order valence-electron chi connectivity index (χ0n) is 16.3. The molecule has 0 aliphatic carbocycles. The van der Waals surface area contributed by atoms with Crippen LogP contribution in [0.1, 0.15) is 16.8 Å². The van der Waals surface area contributed by atoms with Gasteiger partial charge in [-0.05, 0) is 71.8 Å². The Bertz CT molecular complexity index is 965. The molecule has 29 heavy (non-hydrogen) atoms. The van der Waals surface area contributed by atoms with Crippen LogP contribution in [0.2, 0.25) is 0 Å². The second-order valence-corrected chi connectivity index (χ2v) is 7.98. The molecular formula is C24H25N4S. The molecule has 0 saturated carbocycles. The van der Waals surface area contributed by atoms with Gasteiger partial charge in [0, 0.05) is 6.54 Å². The average Bonchev–Trinajstić information content (AvgIpc) is 3.45. The minimum absolute atomic E-state index is 0.442. The van der Waals surface area contributed by atoms with Gasteiger partial charge in [-0.25, -0.2) is 4.68 Å². The number of hydrogen-bond donors (Lipinski definition) is 1. The van der Waals surface area contributed by atoms with Gasteiger partial charge in [0.2, 0.25) is 0 Å². The summed E-state index contributed by atoms with van der Waals surface area (Å²) in [5, 5.41) is 16.6. The zero-order valence-corrected chi connectivity index (χ0v) is 17.1. The van der Waals surface area contributed by atoms with Crippen molar-refractivity contribution in [1.29, 1.82) is 0 Å². The highest BCUT2D eigenvalue weighted by Gasteiger charge is 2.14. The molecule has 0 saturated heterocycles. The van der Waals surface area contributed by atoms with Crippen molar-refractivity contribution >= 4 is 11.3 Å². The van der Waals surface area contributed by atoms with Gasteiger partial charge in [-0.3, -0.25) is 0 Å². The van der Waals surface area contributed by atoms with E-state index in [2.05, 4.69) is 69.3 Å². The lowest BCUT2D eigenvalue weighted by Gasteiger charge is -2.16. The minimum Gasteiger partial charge on any atom is -0.312 e. The number of thiophene rings is 1. The fourth-order valence-corrected chi connectivity index (χ4v) is 4.09. The van der Waals surface area contributed by atoms with Gasteiger partial charge in [0.1, 0.15) is 0 Å². The molecular weight excluding hydrogens is 376 g/mol. The van der Waals surface area contributed by atoms with E-state index in [9.17, 15) is 0 Å². The Morgan fingerprint density at radius 1 is 0.931 bits per heavy atom. The summed E-state index contributed by atoms with van der Waals surface area (Å²) in [5.74, 6) is 0.442. The quantitative estimate of drug-likeness (QED) is 0.391. The molecule has 2 heterocycles. The van der Waals surface area contributed by atoms with Crippen molar-refractivity contribution in [3.63, 3.8) is 0 Å². The maximum atomic E-state index is 4.42. The van der Waals surface area contributed by atoms with Crippen molar-refractivity contribution < 1.29 is 0 Å². The standard InChI is InChI=1S/C24H25N4S/c1-3-7-20(8-4-1)15-22(17-25-13-11-21-12-14-29-19-21)16-23-18-28(27-26-23)24-9-5-2-6-10-24/h1-10,12-14,18-19,22,25H,11,15-17H2/t22-/m1/s1. The van der Waals surface area contributed by atoms with Gasteiger partial charge < -0.3 is 5.32 Å². The van der Waals surface area contributed by atoms with Crippen LogP contribution in [0.4, 0.5) is 0 Å². The molecule has 4 aromatic rings. The molecule has 2 aromatic carbocycles. The first-order valence-electron chi connectivity index (χ1n) is 9.93. The van der Waals surface area contributed by atoms with Gasteiger partial charge in [0.05, 0.1) is 17.6 Å². The Labute approximate surface area is 176 Å². The molecule has 0 aliphatic rings. The monoisotopic (exact) mass is 401 g/mol. The highest BCUT2D eigenvalue weighted by atomic mass is 32.1. The first-order valence-corrected chi connectivity index (χ1v) is 10.9. The van der Waals surface area contributed by atoms with E-state index >= 15 is 0 Å². The summed E-state index contributed by atoms with van der Waals surface area (Å²) in [6.45, 7) is 3.08. The third-order valence-electron chi connectivity index (χ3n) is 4.90. The fraction of sp³-hybridized carbons (Fsp3) is 0.208. The van der Waals surface area contributed by atoms with Crippen molar-refractivity contribution in [2.75, 3.05) is 6.54 Å². The van der Waals surface area contributed by atoms with Crippen molar-refractivity contribution in [2.24, 2.45) is 5.92 Å². The van der Waals surface area contributed by atoms with Gasteiger partial charge in [-0.2, -0.15) is 11.3 Å². The molecule has 0 unspecified atom stereocenters. The smallest absolute Gasteiger partial charge is 0.0835 e. The number of rotatable bonds is 10. The molecule has 4 rings (SSSR count). The second-order valence-electron chi connectivity index (χ2n) is 7.20. The Balaban J connectivity index is 1.38. The summed E-state index contributed by atoms with van der Waals surface area (Å²) in [5.41, 5.74) is 4.77. The highest BCUT2D eigenvalue weighted by molar-refractivity contribution is 7.07. The number of benzene rings is 2. The molecule has 1 radical (unpaired) electrons. The van der Waals surface area contributed by atoms with Crippen molar-refractivity contribution in [1.82, 2.24) is 20.3 Å². The summed E-state index contributed by atoms with van der Waals surface area (Å²) < 4.78 is 1.85. The van der Waals surface area contributed by atoms with E-state index in [1.165, 1.54) is 11.1 Å². The van der Waals surface area contributed by atoms with Crippen molar-refractivity contribution in [2.45, 2.75) is 19.3 Å². The summed E-state index contributed by atoms with van der Waals surface area (Å²) in [6.07, 6.45) is 4.90. The molecule has 5 heteroatoms. The molecule has 1 N–H and O–H groups in total. The largest absolute Gasteiger partial charge is 0.312 e. The lowest BCUT2D eigenvalue weighted by molar-refractivity contribution is 0.485. The van der Waals surface area contributed by atoms with Crippen LogP contribution < -0.4 is 5.32 Å². The van der Waals surface area contributed by atoms with Gasteiger partial charge >= 0.3 is 0 Å². The van der Waals surface area contributed by atoms with Crippen LogP contribution in [0.25, 0.3) is 5.69 Å². The van der Waals surface area contributed by atoms with Crippen LogP contribution >= 0.6 is 11.3 Å². The third kappa shape index (κ3) is 5.86. The van der Waals surface area contributed by atoms with E-state index in [1.807, 2.05) is 41.2 Å². The van der Waals surface area contributed by atoms with Crippen molar-refractivity contribution in [3.8, 4) is 5.69 Å². The second kappa shape index (κ2) is 10.1. The molecule has 4 nitrogen and oxygen atoms in total. The maximum Gasteiger partial charge on any atom is 0.0835 e. The van der Waals surface area contributed by atoms with Crippen molar-refractivity contribution in [3.05, 3.63) is 107 Å². The Morgan fingerprint density at radius 3 is 2.48 bits per heavy atom. The molecule has 0 bridgehead atoms. The number of hydrogen-bond acceptors (Lipinski definition) is 4. The van der Waals surface area contributed by atoms with Crippen LogP contribution in [0.15, 0.2) is 83.7 Å². The van der Waals surface area contributed by atoms with Crippen LogP contribution in [-0.2, 0) is 19.3 Å². The maximum absolute atomic E-state index is 4.42. The topological polar surface area (TPSA) is 42.7 Å². The Kier molecular flexibility index (Phi) is 6.84. The molecule has 0 amide bonds. The zero-order chi connectivity index (χ0) is 19.7. The van der Waals surface area contributed by atoms with E-state index in [0.29, 0.717) is 5.92 Å². The lowest BCUT2D eigenvalue weighted by atomic mass is 9.95. The van der Waals surface area contributed by atoms with E-state index in [1.54, 1.807) is 11.3 Å². The van der Waals surface area contributed by atoms with E-state index in [0.717, 1.165) is 37.2 Å². The third-order valence-corrected chi connectivity index (χ3v) is 5.63. The molecule has 1 atom stereocenters. The van der Waals surface area contributed by atoms with Crippen LogP contribution in [-0.4, -0.2) is 21.5 Å². The fourth-order valence-electron chi connectivity index (χ4n) is 3.41. The van der Waals surface area contributed by atoms with Gasteiger partial charge in [0.25, 0.3) is 0 Å². The summed E-state index contributed by atoms with van der Waals surface area (Å²) in [4.78, 5) is 0. The van der Waals surface area contributed by atoms with E-state index in [4.69, 9.17) is 0 Å². The summed E-state index contributed by atoms with van der Waals surface area (Å²) >= 11 is 1.74. The minimum atomic E-state index is 0.442. The number of nitrogens with zero attached hydrogens (tertiary/aromatic N) is 3. The predicted octanol–water partition coefficient (Wildman–Crippen LogP) is 4.72. The molecule has 2 aromatic heterocycles. The van der Waals surface area contributed by atoms with E-state index in [-0.39, 0.29) is 0 Å². The van der Waals surface area contributed by atoms with E-state index < -0.39 is 0 Å². The van der Waals surface area contributed by atoms with Gasteiger partial charge in [0.15, 0.2) is 0 Å².